The first kappa shape index (κ1) is 18.7. The molecule has 0 aliphatic heterocycles. The maximum Gasteiger partial charge on any atom is 0.0363 e. The van der Waals surface area contributed by atoms with E-state index in [4.69, 9.17) is 0 Å². The molecule has 14 heavy (non-hydrogen) atoms. The Morgan fingerprint density at radius 2 is 1.50 bits per heavy atom. The molecule has 0 spiro atoms. The largest absolute Gasteiger partial charge is 0.388 e. The summed E-state index contributed by atoms with van der Waals surface area (Å²) in [5, 5.41) is 3.04. The van der Waals surface area contributed by atoms with Crippen LogP contribution in [0.2, 0.25) is 0 Å². The summed E-state index contributed by atoms with van der Waals surface area (Å²) in [4.78, 5) is 0. The van der Waals surface area contributed by atoms with Crippen LogP contribution in [0.5, 0.6) is 0 Å². The predicted molar refractivity (Wildman–Crippen MR) is 69.5 cm³/mol. The second-order valence-corrected chi connectivity index (χ2v) is 1.95. The summed E-state index contributed by atoms with van der Waals surface area (Å²) in [6.07, 6.45) is 4.65. The molecular formula is C13H27N. The van der Waals surface area contributed by atoms with Gasteiger partial charge in [-0.15, -0.1) is 0 Å². The number of allylic oxidation sites excluding steroid dienone is 3. The summed E-state index contributed by atoms with van der Waals surface area (Å²) in [7, 11) is 1.89. The van der Waals surface area contributed by atoms with Crippen molar-refractivity contribution in [1.29, 1.82) is 0 Å². The number of rotatable bonds is 4. The van der Waals surface area contributed by atoms with Crippen LogP contribution >= 0.6 is 0 Å². The zero-order chi connectivity index (χ0) is 12.0. The Morgan fingerprint density at radius 3 is 1.57 bits per heavy atom. The standard InChI is InChI=1S/C9H15N.2C2H6/c1-5-8(6-2)9(7-3)10-4;2*1-2/h5,7,10H,1,3,6H2,2,4H3;2*1-2H3/b9-8-;;. The fraction of sp³-hybridized carbons (Fsp3) is 0.538. The monoisotopic (exact) mass is 197 g/mol. The highest BCUT2D eigenvalue weighted by Crippen LogP contribution is 2.06. The van der Waals surface area contributed by atoms with Crippen molar-refractivity contribution >= 4 is 0 Å². The summed E-state index contributed by atoms with van der Waals surface area (Å²) in [5.41, 5.74) is 2.27. The molecule has 1 N–H and O–H groups in total. The van der Waals surface area contributed by atoms with E-state index in [1.165, 1.54) is 5.57 Å². The topological polar surface area (TPSA) is 12.0 Å². The van der Waals surface area contributed by atoms with E-state index in [2.05, 4.69) is 25.4 Å². The van der Waals surface area contributed by atoms with E-state index in [0.717, 1.165) is 12.1 Å². The van der Waals surface area contributed by atoms with Crippen LogP contribution < -0.4 is 5.32 Å². The van der Waals surface area contributed by atoms with Gasteiger partial charge in [-0.3, -0.25) is 0 Å². The first-order valence-corrected chi connectivity index (χ1v) is 5.45. The third kappa shape index (κ3) is 9.11. The molecular weight excluding hydrogens is 170 g/mol. The molecule has 0 aliphatic carbocycles. The predicted octanol–water partition coefficient (Wildman–Crippen LogP) is 4.29. The van der Waals surface area contributed by atoms with Crippen LogP contribution in [0.1, 0.15) is 41.0 Å². The first-order valence-electron chi connectivity index (χ1n) is 5.45. The molecule has 0 aromatic rings. The molecule has 1 heteroatoms. The third-order valence-electron chi connectivity index (χ3n) is 1.45. The van der Waals surface area contributed by atoms with Gasteiger partial charge in [-0.1, -0.05) is 53.9 Å². The van der Waals surface area contributed by atoms with Crippen LogP contribution in [0.25, 0.3) is 0 Å². The van der Waals surface area contributed by atoms with Crippen LogP contribution in [-0.4, -0.2) is 7.05 Å². The van der Waals surface area contributed by atoms with Gasteiger partial charge in [0.1, 0.15) is 0 Å². The minimum atomic E-state index is 0.992. The van der Waals surface area contributed by atoms with Gasteiger partial charge in [0.15, 0.2) is 0 Å². The number of hydrogen-bond acceptors (Lipinski definition) is 1. The number of nitrogens with one attached hydrogen (secondary N) is 1. The zero-order valence-corrected chi connectivity index (χ0v) is 10.8. The van der Waals surface area contributed by atoms with E-state index in [0.29, 0.717) is 0 Å². The van der Waals surface area contributed by atoms with E-state index in [-0.39, 0.29) is 0 Å². The molecule has 0 bridgehead atoms. The molecule has 0 aromatic carbocycles. The Kier molecular flexibility index (Phi) is 24.0. The Labute approximate surface area is 90.6 Å². The van der Waals surface area contributed by atoms with Crippen LogP contribution in [0.15, 0.2) is 36.6 Å². The minimum Gasteiger partial charge on any atom is -0.388 e. The highest BCUT2D eigenvalue weighted by Gasteiger charge is 1.92. The SMILES string of the molecule is C=C/C(CC)=C(\C=C)NC.CC.CC. The van der Waals surface area contributed by atoms with Crippen molar-refractivity contribution in [2.45, 2.75) is 41.0 Å². The molecule has 0 aliphatic rings. The lowest BCUT2D eigenvalue weighted by atomic mass is 10.1. The van der Waals surface area contributed by atoms with Crippen molar-refractivity contribution in [3.63, 3.8) is 0 Å². The molecule has 0 heterocycles. The summed E-state index contributed by atoms with van der Waals surface area (Å²) >= 11 is 0. The Bertz CT molecular complexity index is 137. The van der Waals surface area contributed by atoms with Gasteiger partial charge in [0.05, 0.1) is 0 Å². The van der Waals surface area contributed by atoms with Gasteiger partial charge < -0.3 is 5.32 Å². The summed E-state index contributed by atoms with van der Waals surface area (Å²) in [5.74, 6) is 0. The zero-order valence-electron chi connectivity index (χ0n) is 10.8. The summed E-state index contributed by atoms with van der Waals surface area (Å²) in [6, 6.07) is 0. The Hall–Kier alpha value is -0.980. The third-order valence-corrected chi connectivity index (χ3v) is 1.45. The van der Waals surface area contributed by atoms with Crippen LogP contribution in [-0.2, 0) is 0 Å². The maximum atomic E-state index is 3.70. The fourth-order valence-corrected chi connectivity index (χ4v) is 0.838. The van der Waals surface area contributed by atoms with Gasteiger partial charge in [0.2, 0.25) is 0 Å². The number of hydrogen-bond donors (Lipinski definition) is 1. The molecule has 0 aromatic heterocycles. The van der Waals surface area contributed by atoms with Crippen molar-refractivity contribution in [2.24, 2.45) is 0 Å². The van der Waals surface area contributed by atoms with Gasteiger partial charge >= 0.3 is 0 Å². The molecule has 1 nitrogen and oxygen atoms in total. The second kappa shape index (κ2) is 17.9. The lowest BCUT2D eigenvalue weighted by Crippen LogP contribution is -2.05. The van der Waals surface area contributed by atoms with Gasteiger partial charge in [-0.2, -0.15) is 0 Å². The van der Waals surface area contributed by atoms with E-state index < -0.39 is 0 Å². The van der Waals surface area contributed by atoms with Gasteiger partial charge in [0, 0.05) is 12.7 Å². The first-order chi connectivity index (χ1) is 6.79. The molecule has 0 atom stereocenters. The molecule has 0 saturated carbocycles. The average molecular weight is 197 g/mol. The highest BCUT2D eigenvalue weighted by atomic mass is 14.8. The second-order valence-electron chi connectivity index (χ2n) is 1.95. The van der Waals surface area contributed by atoms with Crippen molar-refractivity contribution in [2.75, 3.05) is 7.05 Å². The number of likely N-dealkylation sites (N-methyl/N-ethyl adjacent to an activating group) is 1. The lowest BCUT2D eigenvalue weighted by Gasteiger charge is -2.04. The molecule has 0 saturated heterocycles. The van der Waals surface area contributed by atoms with Crippen molar-refractivity contribution < 1.29 is 0 Å². The quantitative estimate of drug-likeness (QED) is 0.663. The van der Waals surface area contributed by atoms with Crippen molar-refractivity contribution in [3.05, 3.63) is 36.6 Å². The Balaban J connectivity index is -0.000000266. The van der Waals surface area contributed by atoms with Crippen LogP contribution in [0, 0.1) is 0 Å². The molecule has 0 rings (SSSR count). The van der Waals surface area contributed by atoms with E-state index in [9.17, 15) is 0 Å². The fourth-order valence-electron chi connectivity index (χ4n) is 0.838. The smallest absolute Gasteiger partial charge is 0.0363 e. The molecule has 0 radical (unpaired) electrons. The maximum absolute atomic E-state index is 3.70. The molecule has 84 valence electrons. The molecule has 0 amide bonds. The van der Waals surface area contributed by atoms with E-state index in [1.54, 1.807) is 6.08 Å². The summed E-state index contributed by atoms with van der Waals surface area (Å²) in [6.45, 7) is 17.5. The lowest BCUT2D eigenvalue weighted by molar-refractivity contribution is 0.979. The van der Waals surface area contributed by atoms with Crippen molar-refractivity contribution in [1.82, 2.24) is 5.32 Å². The summed E-state index contributed by atoms with van der Waals surface area (Å²) < 4.78 is 0. The Morgan fingerprint density at radius 1 is 1.07 bits per heavy atom. The van der Waals surface area contributed by atoms with E-state index in [1.807, 2.05) is 40.8 Å². The minimum absolute atomic E-state index is 0.992. The van der Waals surface area contributed by atoms with Crippen LogP contribution in [0.3, 0.4) is 0 Å². The van der Waals surface area contributed by atoms with Gasteiger partial charge in [-0.05, 0) is 18.1 Å². The molecule has 0 fully saturated rings. The average Bonchev–Trinajstić information content (AvgIpc) is 2.31. The van der Waals surface area contributed by atoms with Crippen molar-refractivity contribution in [3.8, 4) is 0 Å². The highest BCUT2D eigenvalue weighted by molar-refractivity contribution is 5.29. The normalized spacial score (nSPS) is 9.29. The van der Waals surface area contributed by atoms with Gasteiger partial charge in [0.25, 0.3) is 0 Å². The van der Waals surface area contributed by atoms with Crippen LogP contribution in [0.4, 0.5) is 0 Å². The molecule has 0 unspecified atom stereocenters. The van der Waals surface area contributed by atoms with Gasteiger partial charge in [-0.25, -0.2) is 0 Å². The van der Waals surface area contributed by atoms with E-state index >= 15 is 0 Å².